The summed E-state index contributed by atoms with van der Waals surface area (Å²) < 4.78 is 18.8. The van der Waals surface area contributed by atoms with Gasteiger partial charge in [-0.3, -0.25) is 4.79 Å². The van der Waals surface area contributed by atoms with Gasteiger partial charge in [0.05, 0.1) is 17.8 Å². The van der Waals surface area contributed by atoms with Gasteiger partial charge in [-0.15, -0.1) is 11.3 Å². The minimum Gasteiger partial charge on any atom is -0.490 e. The minimum atomic E-state index is -0.513. The van der Waals surface area contributed by atoms with E-state index in [1.807, 2.05) is 6.92 Å². The Morgan fingerprint density at radius 2 is 2.33 bits per heavy atom. The molecule has 1 heterocycles. The Labute approximate surface area is 108 Å². The molecule has 0 radical (unpaired) electrons. The van der Waals surface area contributed by atoms with Crippen molar-refractivity contribution < 1.29 is 13.9 Å². The first-order valence-electron chi connectivity index (χ1n) is 5.47. The van der Waals surface area contributed by atoms with Crippen molar-refractivity contribution in [2.75, 3.05) is 6.61 Å². The number of ether oxygens (including phenoxy) is 1. The first-order chi connectivity index (χ1) is 8.70. The van der Waals surface area contributed by atoms with Crippen LogP contribution in [-0.2, 0) is 6.42 Å². The summed E-state index contributed by atoms with van der Waals surface area (Å²) in [7, 11) is 0. The van der Waals surface area contributed by atoms with Crippen molar-refractivity contribution in [2.24, 2.45) is 0 Å². The summed E-state index contributed by atoms with van der Waals surface area (Å²) in [5.74, 6) is -0.344. The number of nitrogens with zero attached hydrogens (tertiary/aromatic N) is 1. The molecule has 0 aliphatic carbocycles. The van der Waals surface area contributed by atoms with Crippen LogP contribution < -0.4 is 4.74 Å². The van der Waals surface area contributed by atoms with E-state index < -0.39 is 5.82 Å². The summed E-state index contributed by atoms with van der Waals surface area (Å²) in [5, 5.41) is 0. The maximum absolute atomic E-state index is 13.5. The Bertz CT molecular complexity index is 554. The van der Waals surface area contributed by atoms with Crippen LogP contribution in [0.15, 0.2) is 23.7 Å². The average Bonchev–Trinajstić information content (AvgIpc) is 2.77. The molecule has 0 saturated carbocycles. The Morgan fingerprint density at radius 1 is 1.50 bits per heavy atom. The van der Waals surface area contributed by atoms with E-state index in [-0.39, 0.29) is 5.75 Å². The van der Waals surface area contributed by atoms with E-state index in [2.05, 4.69) is 4.98 Å². The number of hydrogen-bond acceptors (Lipinski definition) is 4. The molecule has 1 aromatic carbocycles. The van der Waals surface area contributed by atoms with E-state index in [1.165, 1.54) is 18.2 Å². The summed E-state index contributed by atoms with van der Waals surface area (Å²) in [6.07, 6.45) is 1.30. The number of thiazole rings is 1. The molecule has 0 atom stereocenters. The molecule has 0 N–H and O–H groups in total. The quantitative estimate of drug-likeness (QED) is 0.780. The highest BCUT2D eigenvalue weighted by molar-refractivity contribution is 7.09. The lowest BCUT2D eigenvalue weighted by Crippen LogP contribution is -2.03. The first kappa shape index (κ1) is 12.7. The van der Waals surface area contributed by atoms with Gasteiger partial charge in [0.2, 0.25) is 0 Å². The molecule has 2 rings (SSSR count). The fourth-order valence-electron chi connectivity index (χ4n) is 1.53. The van der Waals surface area contributed by atoms with E-state index in [0.717, 1.165) is 10.6 Å². The van der Waals surface area contributed by atoms with E-state index in [0.29, 0.717) is 24.9 Å². The minimum absolute atomic E-state index is 0.169. The second kappa shape index (κ2) is 5.73. The van der Waals surface area contributed by atoms with Gasteiger partial charge in [-0.2, -0.15) is 0 Å². The van der Waals surface area contributed by atoms with Crippen molar-refractivity contribution in [1.82, 2.24) is 4.98 Å². The van der Waals surface area contributed by atoms with Crippen LogP contribution in [-0.4, -0.2) is 17.9 Å². The lowest BCUT2D eigenvalue weighted by Gasteiger charge is -2.06. The number of halogens is 1. The third-order valence-corrected chi connectivity index (χ3v) is 3.52. The van der Waals surface area contributed by atoms with Crippen molar-refractivity contribution in [1.29, 1.82) is 0 Å². The number of benzene rings is 1. The van der Waals surface area contributed by atoms with Gasteiger partial charge in [0.15, 0.2) is 11.6 Å². The zero-order valence-electron chi connectivity index (χ0n) is 9.85. The highest BCUT2D eigenvalue weighted by Crippen LogP contribution is 2.19. The van der Waals surface area contributed by atoms with Crippen molar-refractivity contribution in [3.8, 4) is 5.75 Å². The van der Waals surface area contributed by atoms with Crippen molar-refractivity contribution in [3.05, 3.63) is 45.7 Å². The van der Waals surface area contributed by atoms with Gasteiger partial charge in [0.1, 0.15) is 6.29 Å². The monoisotopic (exact) mass is 265 g/mol. The number of carbonyl (C=O) groups is 1. The second-order valence-electron chi connectivity index (χ2n) is 3.77. The fourth-order valence-corrected chi connectivity index (χ4v) is 2.29. The fraction of sp³-hybridized carbons (Fsp3) is 0.231. The molecule has 0 spiro atoms. The summed E-state index contributed by atoms with van der Waals surface area (Å²) in [4.78, 5) is 15.7. The van der Waals surface area contributed by atoms with Crippen LogP contribution in [0.5, 0.6) is 5.75 Å². The zero-order valence-corrected chi connectivity index (χ0v) is 10.7. The summed E-state index contributed by atoms with van der Waals surface area (Å²) >= 11 is 1.56. The SMILES string of the molecule is Cc1ncsc1CCOc1ccc(C=O)cc1F. The topological polar surface area (TPSA) is 39.2 Å². The van der Waals surface area contributed by atoms with Crippen LogP contribution in [0.3, 0.4) is 0 Å². The zero-order chi connectivity index (χ0) is 13.0. The van der Waals surface area contributed by atoms with Crippen molar-refractivity contribution >= 4 is 17.6 Å². The predicted octanol–water partition coefficient (Wildman–Crippen LogP) is 3.02. The van der Waals surface area contributed by atoms with Gasteiger partial charge in [-0.1, -0.05) is 0 Å². The lowest BCUT2D eigenvalue weighted by atomic mass is 10.2. The van der Waals surface area contributed by atoms with Crippen LogP contribution in [0.2, 0.25) is 0 Å². The van der Waals surface area contributed by atoms with Crippen molar-refractivity contribution in [2.45, 2.75) is 13.3 Å². The molecule has 94 valence electrons. The normalized spacial score (nSPS) is 10.3. The van der Waals surface area contributed by atoms with Crippen LogP contribution in [0.4, 0.5) is 4.39 Å². The van der Waals surface area contributed by atoms with Gasteiger partial charge < -0.3 is 4.74 Å². The molecule has 2 aromatic rings. The molecule has 0 bridgehead atoms. The Hall–Kier alpha value is -1.75. The molecular weight excluding hydrogens is 253 g/mol. The van der Waals surface area contributed by atoms with Gasteiger partial charge in [-0.25, -0.2) is 9.37 Å². The summed E-state index contributed by atoms with van der Waals surface area (Å²) in [5.41, 5.74) is 3.07. The lowest BCUT2D eigenvalue weighted by molar-refractivity contribution is 0.112. The standard InChI is InChI=1S/C13H12FNO2S/c1-9-13(18-8-15-9)4-5-17-12-3-2-10(7-16)6-11(12)14/h2-3,6-8H,4-5H2,1H3. The van der Waals surface area contributed by atoms with Crippen LogP contribution in [0, 0.1) is 12.7 Å². The van der Waals surface area contributed by atoms with Gasteiger partial charge in [-0.05, 0) is 25.1 Å². The molecule has 0 saturated heterocycles. The summed E-state index contributed by atoms with van der Waals surface area (Å²) in [6, 6.07) is 4.17. The molecule has 5 heteroatoms. The Morgan fingerprint density at radius 3 is 2.94 bits per heavy atom. The van der Waals surface area contributed by atoms with Crippen LogP contribution >= 0.6 is 11.3 Å². The largest absolute Gasteiger partial charge is 0.490 e. The number of aromatic nitrogens is 1. The average molecular weight is 265 g/mol. The van der Waals surface area contributed by atoms with E-state index >= 15 is 0 Å². The molecule has 0 aliphatic heterocycles. The molecule has 3 nitrogen and oxygen atoms in total. The first-order valence-corrected chi connectivity index (χ1v) is 6.35. The van der Waals surface area contributed by atoms with E-state index in [1.54, 1.807) is 16.8 Å². The maximum atomic E-state index is 13.5. The molecule has 0 aliphatic rings. The number of hydrogen-bond donors (Lipinski definition) is 0. The van der Waals surface area contributed by atoms with Gasteiger partial charge in [0, 0.05) is 16.9 Å². The molecule has 18 heavy (non-hydrogen) atoms. The van der Waals surface area contributed by atoms with Crippen LogP contribution in [0.1, 0.15) is 20.9 Å². The number of aldehydes is 1. The second-order valence-corrected chi connectivity index (χ2v) is 4.71. The number of aryl methyl sites for hydroxylation is 1. The highest BCUT2D eigenvalue weighted by atomic mass is 32.1. The Kier molecular flexibility index (Phi) is 4.04. The number of rotatable bonds is 5. The van der Waals surface area contributed by atoms with E-state index in [4.69, 9.17) is 4.74 Å². The number of carbonyl (C=O) groups excluding carboxylic acids is 1. The molecule has 0 amide bonds. The molecule has 0 fully saturated rings. The Balaban J connectivity index is 1.94. The molecular formula is C13H12FNO2S. The third-order valence-electron chi connectivity index (χ3n) is 2.52. The third kappa shape index (κ3) is 2.92. The van der Waals surface area contributed by atoms with Crippen molar-refractivity contribution in [3.63, 3.8) is 0 Å². The smallest absolute Gasteiger partial charge is 0.165 e. The molecule has 1 aromatic heterocycles. The van der Waals surface area contributed by atoms with Gasteiger partial charge in [0.25, 0.3) is 0 Å². The predicted molar refractivity (Wildman–Crippen MR) is 67.8 cm³/mol. The van der Waals surface area contributed by atoms with Gasteiger partial charge >= 0.3 is 0 Å². The molecule has 0 unspecified atom stereocenters. The van der Waals surface area contributed by atoms with Crippen LogP contribution in [0.25, 0.3) is 0 Å². The summed E-state index contributed by atoms with van der Waals surface area (Å²) in [6.45, 7) is 2.33. The van der Waals surface area contributed by atoms with E-state index in [9.17, 15) is 9.18 Å². The maximum Gasteiger partial charge on any atom is 0.165 e. The highest BCUT2D eigenvalue weighted by Gasteiger charge is 2.06.